The second-order valence-corrected chi connectivity index (χ2v) is 5.15. The zero-order chi connectivity index (χ0) is 12.9. The van der Waals surface area contributed by atoms with Gasteiger partial charge in [-0.15, -0.1) is 0 Å². The molecule has 3 N–H and O–H groups in total. The van der Waals surface area contributed by atoms with Gasteiger partial charge in [-0.1, -0.05) is 5.16 Å². The third-order valence-electron chi connectivity index (χ3n) is 2.54. The molecule has 1 atom stereocenters. The minimum absolute atomic E-state index is 0.114. The molecule has 1 rings (SSSR count). The number of nitrogens with zero attached hydrogens (tertiary/aromatic N) is 2. The number of ether oxygens (including phenoxy) is 2. The van der Waals surface area contributed by atoms with Crippen LogP contribution in [0.2, 0.25) is 0 Å². The molecule has 1 fully saturated rings. The highest BCUT2D eigenvalue weighted by Crippen LogP contribution is 2.08. The van der Waals surface area contributed by atoms with Crippen LogP contribution in [0.3, 0.4) is 0 Å². The third-order valence-corrected chi connectivity index (χ3v) is 2.54. The molecule has 0 aromatic carbocycles. The Hall–Kier alpha value is -0.850. The highest BCUT2D eigenvalue weighted by atomic mass is 16.5. The highest BCUT2D eigenvalue weighted by Gasteiger charge is 2.23. The summed E-state index contributed by atoms with van der Waals surface area (Å²) < 4.78 is 11.1. The monoisotopic (exact) mass is 245 g/mol. The molecule has 100 valence electrons. The molecule has 1 heterocycles. The van der Waals surface area contributed by atoms with Crippen LogP contribution in [-0.4, -0.2) is 60.5 Å². The molecule has 0 aromatic rings. The van der Waals surface area contributed by atoms with Crippen molar-refractivity contribution in [3.63, 3.8) is 0 Å². The van der Waals surface area contributed by atoms with E-state index in [9.17, 15) is 0 Å². The molecule has 0 radical (unpaired) electrons. The minimum atomic E-state index is -0.316. The van der Waals surface area contributed by atoms with Crippen LogP contribution in [0.15, 0.2) is 5.16 Å². The van der Waals surface area contributed by atoms with E-state index < -0.39 is 0 Å². The van der Waals surface area contributed by atoms with Gasteiger partial charge in [-0.2, -0.15) is 0 Å². The molecule has 1 unspecified atom stereocenters. The van der Waals surface area contributed by atoms with Gasteiger partial charge in [0, 0.05) is 19.6 Å². The number of amidine groups is 1. The Labute approximate surface area is 102 Å². The van der Waals surface area contributed by atoms with Gasteiger partial charge < -0.3 is 20.4 Å². The quantitative estimate of drug-likeness (QED) is 0.321. The maximum absolute atomic E-state index is 8.60. The lowest BCUT2D eigenvalue weighted by Gasteiger charge is -2.32. The molecule has 17 heavy (non-hydrogen) atoms. The van der Waals surface area contributed by atoms with Crippen molar-refractivity contribution in [2.45, 2.75) is 32.5 Å². The van der Waals surface area contributed by atoms with Crippen LogP contribution in [0.1, 0.15) is 20.8 Å². The molecule has 1 saturated heterocycles. The lowest BCUT2D eigenvalue weighted by Crippen LogP contribution is -2.49. The van der Waals surface area contributed by atoms with Gasteiger partial charge in [0.15, 0.2) is 5.84 Å². The van der Waals surface area contributed by atoms with Crippen molar-refractivity contribution in [2.75, 3.05) is 32.8 Å². The van der Waals surface area contributed by atoms with Crippen LogP contribution in [0.5, 0.6) is 0 Å². The van der Waals surface area contributed by atoms with Crippen molar-refractivity contribution in [2.24, 2.45) is 10.9 Å². The van der Waals surface area contributed by atoms with Gasteiger partial charge in [0.1, 0.15) is 6.10 Å². The van der Waals surface area contributed by atoms with Crippen molar-refractivity contribution in [3.05, 3.63) is 0 Å². The Morgan fingerprint density at radius 3 is 2.88 bits per heavy atom. The Kier molecular flexibility index (Phi) is 5.17. The Balaban J connectivity index is 2.30. The van der Waals surface area contributed by atoms with E-state index >= 15 is 0 Å². The predicted molar refractivity (Wildman–Crippen MR) is 65.3 cm³/mol. The van der Waals surface area contributed by atoms with Crippen LogP contribution >= 0.6 is 0 Å². The number of oxime groups is 1. The first-order valence-corrected chi connectivity index (χ1v) is 5.88. The first-order chi connectivity index (χ1) is 7.92. The zero-order valence-electron chi connectivity index (χ0n) is 10.8. The van der Waals surface area contributed by atoms with Crippen LogP contribution in [-0.2, 0) is 9.47 Å². The van der Waals surface area contributed by atoms with Gasteiger partial charge in [0.2, 0.25) is 0 Å². The topological polar surface area (TPSA) is 80.3 Å². The van der Waals surface area contributed by atoms with Crippen LogP contribution in [0, 0.1) is 0 Å². The number of hydrogen-bond donors (Lipinski definition) is 2. The average Bonchev–Trinajstić information content (AvgIpc) is 2.27. The van der Waals surface area contributed by atoms with Crippen molar-refractivity contribution < 1.29 is 14.7 Å². The van der Waals surface area contributed by atoms with Gasteiger partial charge >= 0.3 is 0 Å². The Morgan fingerprint density at radius 1 is 1.59 bits per heavy atom. The van der Waals surface area contributed by atoms with E-state index in [-0.39, 0.29) is 17.5 Å². The maximum Gasteiger partial charge on any atom is 0.169 e. The standard InChI is InChI=1S/C11H23N3O3/c1-11(2,3)17-7-5-14-4-6-16-9(8-14)10(12)13-15/h9,15H,4-8H2,1-3H3,(H2,12,13). The summed E-state index contributed by atoms with van der Waals surface area (Å²) in [6, 6.07) is 0. The van der Waals surface area contributed by atoms with Gasteiger partial charge in [-0.3, -0.25) is 4.90 Å². The second kappa shape index (κ2) is 6.18. The van der Waals surface area contributed by atoms with E-state index in [4.69, 9.17) is 20.4 Å². The summed E-state index contributed by atoms with van der Waals surface area (Å²) in [4.78, 5) is 2.19. The van der Waals surface area contributed by atoms with E-state index in [1.807, 2.05) is 20.8 Å². The first kappa shape index (κ1) is 14.2. The molecule has 1 aliphatic rings. The van der Waals surface area contributed by atoms with Crippen LogP contribution in [0.25, 0.3) is 0 Å². The summed E-state index contributed by atoms with van der Waals surface area (Å²) in [6.45, 7) is 9.69. The third kappa shape index (κ3) is 5.34. The normalized spacial score (nSPS) is 23.9. The van der Waals surface area contributed by atoms with E-state index in [2.05, 4.69) is 10.1 Å². The number of hydrogen-bond acceptors (Lipinski definition) is 5. The fourth-order valence-corrected chi connectivity index (χ4v) is 1.63. The number of morpholine rings is 1. The molecule has 0 spiro atoms. The SMILES string of the molecule is CC(C)(C)OCCN1CCOC(C(N)=NO)C1. The average molecular weight is 245 g/mol. The van der Waals surface area contributed by atoms with E-state index in [0.717, 1.165) is 13.1 Å². The van der Waals surface area contributed by atoms with Gasteiger partial charge in [0.05, 0.1) is 18.8 Å². The van der Waals surface area contributed by atoms with Gasteiger partial charge in [-0.25, -0.2) is 0 Å². The second-order valence-electron chi connectivity index (χ2n) is 5.15. The van der Waals surface area contributed by atoms with Crippen LogP contribution < -0.4 is 5.73 Å². The summed E-state index contributed by atoms with van der Waals surface area (Å²) in [6.07, 6.45) is -0.316. The molecule has 0 amide bonds. The highest BCUT2D eigenvalue weighted by molar-refractivity contribution is 5.84. The zero-order valence-corrected chi connectivity index (χ0v) is 10.8. The molecule has 6 nitrogen and oxygen atoms in total. The van der Waals surface area contributed by atoms with Crippen molar-refractivity contribution in [1.82, 2.24) is 4.90 Å². The molecule has 1 aliphatic heterocycles. The predicted octanol–water partition coefficient (Wildman–Crippen LogP) is 0.249. The fourth-order valence-electron chi connectivity index (χ4n) is 1.63. The van der Waals surface area contributed by atoms with E-state index in [1.54, 1.807) is 0 Å². The Morgan fingerprint density at radius 2 is 2.29 bits per heavy atom. The lowest BCUT2D eigenvalue weighted by atomic mass is 10.2. The molecule has 0 saturated carbocycles. The van der Waals surface area contributed by atoms with Crippen molar-refractivity contribution in [1.29, 1.82) is 0 Å². The summed E-state index contributed by atoms with van der Waals surface area (Å²) in [5, 5.41) is 11.6. The van der Waals surface area contributed by atoms with Gasteiger partial charge in [-0.05, 0) is 20.8 Å². The van der Waals surface area contributed by atoms with E-state index in [0.29, 0.717) is 19.8 Å². The number of nitrogens with two attached hydrogens (primary N) is 1. The van der Waals surface area contributed by atoms with Crippen LogP contribution in [0.4, 0.5) is 0 Å². The molecule has 0 bridgehead atoms. The molecular weight excluding hydrogens is 222 g/mol. The summed E-state index contributed by atoms with van der Waals surface area (Å²) in [5.74, 6) is 0.131. The first-order valence-electron chi connectivity index (χ1n) is 5.88. The number of rotatable bonds is 4. The summed E-state index contributed by atoms with van der Waals surface area (Å²) in [7, 11) is 0. The van der Waals surface area contributed by atoms with Crippen molar-refractivity contribution >= 4 is 5.84 Å². The van der Waals surface area contributed by atoms with Gasteiger partial charge in [0.25, 0.3) is 0 Å². The minimum Gasteiger partial charge on any atom is -0.409 e. The maximum atomic E-state index is 8.60. The summed E-state index contributed by atoms with van der Waals surface area (Å²) >= 11 is 0. The smallest absolute Gasteiger partial charge is 0.169 e. The molecule has 6 heteroatoms. The fraction of sp³-hybridized carbons (Fsp3) is 0.909. The van der Waals surface area contributed by atoms with Crippen molar-refractivity contribution in [3.8, 4) is 0 Å². The van der Waals surface area contributed by atoms with E-state index in [1.165, 1.54) is 0 Å². The molecule has 0 aromatic heterocycles. The Bertz CT molecular complexity index is 263. The largest absolute Gasteiger partial charge is 0.409 e. The lowest BCUT2D eigenvalue weighted by molar-refractivity contribution is -0.0379. The molecular formula is C11H23N3O3. The summed E-state index contributed by atoms with van der Waals surface area (Å²) in [5.41, 5.74) is 5.41. The molecule has 0 aliphatic carbocycles.